The molecule has 0 radical (unpaired) electrons. The van der Waals surface area contributed by atoms with Crippen molar-refractivity contribution in [2.24, 2.45) is 5.84 Å². The molecule has 1 aromatic rings. The van der Waals surface area contributed by atoms with Crippen molar-refractivity contribution in [2.75, 3.05) is 18.6 Å². The molecule has 2 rings (SSSR count). The highest BCUT2D eigenvalue weighted by Crippen LogP contribution is 2.25. The number of rotatable bonds is 6. The third kappa shape index (κ3) is 3.19. The Labute approximate surface area is 108 Å². The lowest BCUT2D eigenvalue weighted by Gasteiger charge is -2.28. The lowest BCUT2D eigenvalue weighted by Crippen LogP contribution is -2.35. The Morgan fingerprint density at radius 1 is 1.44 bits per heavy atom. The standard InChI is InChI=1S/C13H22N4O/c14-16-13-11(4-3-7-15-13)10-17(8-9-18)12-5-1-2-6-12/h3-4,7,12,18H,1-2,5-6,8-10,14H2,(H,15,16). The number of hydrogen-bond donors (Lipinski definition) is 3. The van der Waals surface area contributed by atoms with Crippen molar-refractivity contribution in [3.8, 4) is 0 Å². The topological polar surface area (TPSA) is 74.4 Å². The predicted octanol–water partition coefficient (Wildman–Crippen LogP) is 1.10. The number of nitrogens with one attached hydrogen (secondary N) is 1. The van der Waals surface area contributed by atoms with Gasteiger partial charge >= 0.3 is 0 Å². The predicted molar refractivity (Wildman–Crippen MR) is 71.8 cm³/mol. The highest BCUT2D eigenvalue weighted by Gasteiger charge is 2.22. The molecule has 1 fully saturated rings. The number of aliphatic hydroxyl groups is 1. The van der Waals surface area contributed by atoms with E-state index in [0.717, 1.165) is 17.9 Å². The van der Waals surface area contributed by atoms with Crippen molar-refractivity contribution in [2.45, 2.75) is 38.3 Å². The SMILES string of the molecule is NNc1ncccc1CN(CCO)C1CCCC1. The molecule has 0 saturated heterocycles. The van der Waals surface area contributed by atoms with Crippen molar-refractivity contribution in [1.29, 1.82) is 0 Å². The van der Waals surface area contributed by atoms with Crippen LogP contribution in [0.1, 0.15) is 31.2 Å². The molecular weight excluding hydrogens is 228 g/mol. The van der Waals surface area contributed by atoms with Crippen LogP contribution in [-0.2, 0) is 6.54 Å². The molecule has 4 N–H and O–H groups in total. The van der Waals surface area contributed by atoms with E-state index in [1.54, 1.807) is 6.20 Å². The molecule has 1 aliphatic rings. The largest absolute Gasteiger partial charge is 0.395 e. The fourth-order valence-corrected chi connectivity index (χ4v) is 2.70. The van der Waals surface area contributed by atoms with Gasteiger partial charge in [-0.1, -0.05) is 18.9 Å². The van der Waals surface area contributed by atoms with Crippen LogP contribution < -0.4 is 11.3 Å². The number of hydrazine groups is 1. The molecule has 5 nitrogen and oxygen atoms in total. The van der Waals surface area contributed by atoms with Gasteiger partial charge in [-0.2, -0.15) is 0 Å². The summed E-state index contributed by atoms with van der Waals surface area (Å²) in [6, 6.07) is 4.53. The Balaban J connectivity index is 2.07. The number of anilines is 1. The molecule has 0 aliphatic heterocycles. The minimum atomic E-state index is 0.197. The third-order valence-corrected chi connectivity index (χ3v) is 3.63. The van der Waals surface area contributed by atoms with Crippen LogP contribution in [0.5, 0.6) is 0 Å². The summed E-state index contributed by atoms with van der Waals surface area (Å²) in [6.07, 6.45) is 6.77. The van der Waals surface area contributed by atoms with Gasteiger partial charge in [0, 0.05) is 30.9 Å². The lowest BCUT2D eigenvalue weighted by molar-refractivity contribution is 0.145. The summed E-state index contributed by atoms with van der Waals surface area (Å²) in [5, 5.41) is 9.20. The van der Waals surface area contributed by atoms with Gasteiger partial charge in [0.1, 0.15) is 5.82 Å². The first kappa shape index (κ1) is 13.3. The maximum absolute atomic E-state index is 9.20. The monoisotopic (exact) mass is 250 g/mol. The Hall–Kier alpha value is -1.17. The van der Waals surface area contributed by atoms with Gasteiger partial charge in [0.2, 0.25) is 0 Å². The minimum absolute atomic E-state index is 0.197. The second-order valence-corrected chi connectivity index (χ2v) is 4.79. The van der Waals surface area contributed by atoms with Gasteiger partial charge in [-0.25, -0.2) is 10.8 Å². The first-order chi connectivity index (χ1) is 8.85. The fraction of sp³-hybridized carbons (Fsp3) is 0.615. The molecule has 1 heterocycles. The highest BCUT2D eigenvalue weighted by molar-refractivity contribution is 5.42. The molecule has 1 aromatic heterocycles. The summed E-state index contributed by atoms with van der Waals surface area (Å²) < 4.78 is 0. The summed E-state index contributed by atoms with van der Waals surface area (Å²) in [7, 11) is 0. The van der Waals surface area contributed by atoms with Crippen molar-refractivity contribution in [1.82, 2.24) is 9.88 Å². The number of nitrogens with two attached hydrogens (primary N) is 1. The summed E-state index contributed by atoms with van der Waals surface area (Å²) in [5.41, 5.74) is 3.72. The normalized spacial score (nSPS) is 16.4. The molecule has 0 amide bonds. The number of aliphatic hydroxyl groups excluding tert-OH is 1. The van der Waals surface area contributed by atoms with Crippen LogP contribution in [0.25, 0.3) is 0 Å². The van der Waals surface area contributed by atoms with Gasteiger partial charge < -0.3 is 10.5 Å². The fourth-order valence-electron chi connectivity index (χ4n) is 2.70. The molecule has 0 atom stereocenters. The average molecular weight is 250 g/mol. The van der Waals surface area contributed by atoms with E-state index in [9.17, 15) is 5.11 Å². The zero-order valence-corrected chi connectivity index (χ0v) is 10.7. The molecule has 0 spiro atoms. The number of hydrogen-bond acceptors (Lipinski definition) is 5. The molecule has 0 aromatic carbocycles. The lowest BCUT2D eigenvalue weighted by atomic mass is 10.1. The second kappa shape index (κ2) is 6.68. The smallest absolute Gasteiger partial charge is 0.144 e. The van der Waals surface area contributed by atoms with Gasteiger partial charge in [0.05, 0.1) is 6.61 Å². The number of nitrogen functional groups attached to an aromatic ring is 1. The van der Waals surface area contributed by atoms with Gasteiger partial charge in [-0.05, 0) is 18.9 Å². The average Bonchev–Trinajstić information content (AvgIpc) is 2.92. The van der Waals surface area contributed by atoms with E-state index in [1.807, 2.05) is 12.1 Å². The first-order valence-corrected chi connectivity index (χ1v) is 6.60. The van der Waals surface area contributed by atoms with Crippen LogP contribution in [0, 0.1) is 0 Å². The van der Waals surface area contributed by atoms with E-state index in [-0.39, 0.29) is 6.61 Å². The van der Waals surface area contributed by atoms with Crippen LogP contribution in [-0.4, -0.2) is 34.2 Å². The number of aromatic nitrogens is 1. The molecule has 0 unspecified atom stereocenters. The summed E-state index contributed by atoms with van der Waals surface area (Å²) in [4.78, 5) is 6.55. The summed E-state index contributed by atoms with van der Waals surface area (Å²) >= 11 is 0. The van der Waals surface area contributed by atoms with E-state index in [0.29, 0.717) is 12.6 Å². The Bertz CT molecular complexity index is 366. The van der Waals surface area contributed by atoms with E-state index in [4.69, 9.17) is 5.84 Å². The van der Waals surface area contributed by atoms with Gasteiger partial charge in [0.15, 0.2) is 0 Å². The quantitative estimate of drug-likeness (QED) is 0.521. The van der Waals surface area contributed by atoms with Crippen LogP contribution >= 0.6 is 0 Å². The third-order valence-electron chi connectivity index (χ3n) is 3.63. The summed E-state index contributed by atoms with van der Waals surface area (Å²) in [5.74, 6) is 6.19. The van der Waals surface area contributed by atoms with E-state index < -0.39 is 0 Å². The highest BCUT2D eigenvalue weighted by atomic mass is 16.3. The van der Waals surface area contributed by atoms with Crippen molar-refractivity contribution >= 4 is 5.82 Å². The van der Waals surface area contributed by atoms with E-state index in [2.05, 4.69) is 15.3 Å². The van der Waals surface area contributed by atoms with E-state index >= 15 is 0 Å². The Kier molecular flexibility index (Phi) is 4.92. The Morgan fingerprint density at radius 3 is 2.89 bits per heavy atom. The number of pyridine rings is 1. The van der Waals surface area contributed by atoms with Gasteiger partial charge in [-0.15, -0.1) is 0 Å². The molecule has 0 bridgehead atoms. The Morgan fingerprint density at radius 2 is 2.22 bits per heavy atom. The van der Waals surface area contributed by atoms with Crippen molar-refractivity contribution < 1.29 is 5.11 Å². The number of nitrogens with zero attached hydrogens (tertiary/aromatic N) is 2. The molecule has 100 valence electrons. The molecule has 1 aliphatic carbocycles. The van der Waals surface area contributed by atoms with Crippen LogP contribution in [0.3, 0.4) is 0 Å². The van der Waals surface area contributed by atoms with Crippen LogP contribution in [0.2, 0.25) is 0 Å². The first-order valence-electron chi connectivity index (χ1n) is 6.60. The zero-order chi connectivity index (χ0) is 12.8. The van der Waals surface area contributed by atoms with Gasteiger partial charge in [0.25, 0.3) is 0 Å². The van der Waals surface area contributed by atoms with Crippen LogP contribution in [0.15, 0.2) is 18.3 Å². The minimum Gasteiger partial charge on any atom is -0.395 e. The molecular formula is C13H22N4O. The van der Waals surface area contributed by atoms with E-state index in [1.165, 1.54) is 25.7 Å². The second-order valence-electron chi connectivity index (χ2n) is 4.79. The van der Waals surface area contributed by atoms with Crippen molar-refractivity contribution in [3.63, 3.8) is 0 Å². The van der Waals surface area contributed by atoms with Crippen molar-refractivity contribution in [3.05, 3.63) is 23.9 Å². The maximum atomic E-state index is 9.20. The molecule has 1 saturated carbocycles. The molecule has 18 heavy (non-hydrogen) atoms. The van der Waals surface area contributed by atoms with Gasteiger partial charge in [-0.3, -0.25) is 4.90 Å². The van der Waals surface area contributed by atoms with Crippen LogP contribution in [0.4, 0.5) is 5.82 Å². The summed E-state index contributed by atoms with van der Waals surface area (Å²) in [6.45, 7) is 1.70. The zero-order valence-electron chi connectivity index (χ0n) is 10.7. The maximum Gasteiger partial charge on any atom is 0.144 e. The molecule has 5 heteroatoms.